The molecule has 0 aliphatic rings. The number of ether oxygens (including phenoxy) is 1. The van der Waals surface area contributed by atoms with E-state index in [1.807, 2.05) is 0 Å². The molecule has 0 aliphatic carbocycles. The first kappa shape index (κ1) is 13.5. The molecule has 0 aliphatic heterocycles. The van der Waals surface area contributed by atoms with Crippen LogP contribution in [0.3, 0.4) is 0 Å². The molecule has 0 spiro atoms. The zero-order valence-corrected chi connectivity index (χ0v) is 11.9. The number of methoxy groups -OCH3 is 1. The molecule has 3 heteroatoms. The van der Waals surface area contributed by atoms with Crippen LogP contribution >= 0.6 is 11.3 Å². The van der Waals surface area contributed by atoms with E-state index in [4.69, 9.17) is 10.5 Å². The smallest absolute Gasteiger partial charge is 0.0488 e. The van der Waals surface area contributed by atoms with E-state index in [0.29, 0.717) is 5.92 Å². The summed E-state index contributed by atoms with van der Waals surface area (Å²) in [6, 6.07) is 8.75. The van der Waals surface area contributed by atoms with Crippen LogP contribution in [0.4, 0.5) is 0 Å². The Morgan fingerprint density at radius 2 is 2.11 bits per heavy atom. The Morgan fingerprint density at radius 3 is 2.89 bits per heavy atom. The molecule has 0 bridgehead atoms. The highest BCUT2D eigenvalue weighted by Gasteiger charge is 2.12. The first-order chi connectivity index (χ1) is 8.70. The van der Waals surface area contributed by atoms with Gasteiger partial charge >= 0.3 is 0 Å². The molecule has 0 saturated carbocycles. The number of nitrogens with two attached hydrogens (primary N) is 1. The highest BCUT2D eigenvalue weighted by Crippen LogP contribution is 2.27. The summed E-state index contributed by atoms with van der Waals surface area (Å²) >= 11 is 1.80. The monoisotopic (exact) mass is 263 g/mol. The second kappa shape index (κ2) is 6.32. The van der Waals surface area contributed by atoms with Gasteiger partial charge in [-0.25, -0.2) is 0 Å². The standard InChI is InChI=1S/C15H21NOS/c1-11(9-17-2)7-13(16)8-12-10-18-15-6-4-3-5-14(12)15/h3-6,10-11,13H,7-9,16H2,1-2H3. The van der Waals surface area contributed by atoms with Crippen molar-refractivity contribution in [3.05, 3.63) is 35.2 Å². The Labute approximate surface area is 113 Å². The Bertz CT molecular complexity index is 494. The number of benzene rings is 1. The van der Waals surface area contributed by atoms with Crippen molar-refractivity contribution in [2.45, 2.75) is 25.8 Å². The topological polar surface area (TPSA) is 35.2 Å². The molecule has 98 valence electrons. The van der Waals surface area contributed by atoms with Gasteiger partial charge in [-0.1, -0.05) is 25.1 Å². The molecule has 2 aromatic rings. The Hall–Kier alpha value is -0.900. The predicted octanol–water partition coefficient (Wildman–Crippen LogP) is 3.44. The van der Waals surface area contributed by atoms with Crippen LogP contribution in [0, 0.1) is 5.92 Å². The molecule has 18 heavy (non-hydrogen) atoms. The third kappa shape index (κ3) is 3.31. The number of hydrogen-bond acceptors (Lipinski definition) is 3. The first-order valence-electron chi connectivity index (χ1n) is 6.40. The fourth-order valence-electron chi connectivity index (χ4n) is 2.43. The summed E-state index contributed by atoms with van der Waals surface area (Å²) in [6.45, 7) is 2.98. The largest absolute Gasteiger partial charge is 0.384 e. The number of hydrogen-bond donors (Lipinski definition) is 1. The number of fused-ring (bicyclic) bond motifs is 1. The minimum atomic E-state index is 0.216. The zero-order valence-electron chi connectivity index (χ0n) is 11.1. The van der Waals surface area contributed by atoms with Gasteiger partial charge in [0.2, 0.25) is 0 Å². The molecule has 1 aromatic carbocycles. The molecular weight excluding hydrogens is 242 g/mol. The average molecular weight is 263 g/mol. The third-order valence-corrected chi connectivity index (χ3v) is 4.21. The van der Waals surface area contributed by atoms with Gasteiger partial charge in [-0.05, 0) is 41.2 Å². The van der Waals surface area contributed by atoms with Gasteiger partial charge in [0.05, 0.1) is 0 Å². The van der Waals surface area contributed by atoms with Crippen LogP contribution in [0.2, 0.25) is 0 Å². The maximum Gasteiger partial charge on any atom is 0.0488 e. The third-order valence-electron chi connectivity index (χ3n) is 3.20. The predicted molar refractivity (Wildman–Crippen MR) is 79.2 cm³/mol. The fraction of sp³-hybridized carbons (Fsp3) is 0.467. The number of thiophene rings is 1. The summed E-state index contributed by atoms with van der Waals surface area (Å²) in [6.07, 6.45) is 1.97. The van der Waals surface area contributed by atoms with Crippen molar-refractivity contribution in [1.29, 1.82) is 0 Å². The van der Waals surface area contributed by atoms with Crippen molar-refractivity contribution in [2.24, 2.45) is 11.7 Å². The van der Waals surface area contributed by atoms with Gasteiger partial charge in [0, 0.05) is 24.5 Å². The summed E-state index contributed by atoms with van der Waals surface area (Å²) in [4.78, 5) is 0. The van der Waals surface area contributed by atoms with Gasteiger partial charge < -0.3 is 10.5 Å². The van der Waals surface area contributed by atoms with E-state index >= 15 is 0 Å². The van der Waals surface area contributed by atoms with E-state index in [1.54, 1.807) is 18.4 Å². The van der Waals surface area contributed by atoms with Gasteiger partial charge in [-0.2, -0.15) is 0 Å². The average Bonchev–Trinajstić information content (AvgIpc) is 2.73. The molecule has 0 fully saturated rings. The van der Waals surface area contributed by atoms with Crippen LogP contribution < -0.4 is 5.73 Å². The van der Waals surface area contributed by atoms with Crippen LogP contribution in [0.15, 0.2) is 29.6 Å². The summed E-state index contributed by atoms with van der Waals surface area (Å²) in [7, 11) is 1.74. The maximum atomic E-state index is 6.24. The second-order valence-corrected chi connectivity index (χ2v) is 5.93. The normalized spacial score (nSPS) is 14.8. The molecule has 2 rings (SSSR count). The lowest BCUT2D eigenvalue weighted by Gasteiger charge is -2.16. The zero-order chi connectivity index (χ0) is 13.0. The Morgan fingerprint density at radius 1 is 1.33 bits per heavy atom. The molecule has 2 N–H and O–H groups in total. The van der Waals surface area contributed by atoms with Crippen LogP contribution in [0.5, 0.6) is 0 Å². The highest BCUT2D eigenvalue weighted by atomic mass is 32.1. The molecule has 1 heterocycles. The lowest BCUT2D eigenvalue weighted by Crippen LogP contribution is -2.26. The minimum absolute atomic E-state index is 0.216. The summed E-state index contributed by atoms with van der Waals surface area (Å²) in [5.41, 5.74) is 7.62. The van der Waals surface area contributed by atoms with Crippen molar-refractivity contribution >= 4 is 21.4 Å². The lowest BCUT2D eigenvalue weighted by molar-refractivity contribution is 0.152. The molecular formula is C15H21NOS. The van der Waals surface area contributed by atoms with Crippen LogP contribution in [-0.4, -0.2) is 19.8 Å². The summed E-state index contributed by atoms with van der Waals surface area (Å²) < 4.78 is 6.51. The van der Waals surface area contributed by atoms with Crippen molar-refractivity contribution in [3.63, 3.8) is 0 Å². The molecule has 0 radical (unpaired) electrons. The summed E-state index contributed by atoms with van der Waals surface area (Å²) in [5, 5.41) is 3.60. The second-order valence-electron chi connectivity index (χ2n) is 5.02. The van der Waals surface area contributed by atoms with Crippen LogP contribution in [0.1, 0.15) is 18.9 Å². The number of rotatable bonds is 6. The van der Waals surface area contributed by atoms with Crippen molar-refractivity contribution in [3.8, 4) is 0 Å². The molecule has 2 unspecified atom stereocenters. The maximum absolute atomic E-state index is 6.24. The fourth-order valence-corrected chi connectivity index (χ4v) is 3.40. The molecule has 0 saturated heterocycles. The molecule has 0 amide bonds. The van der Waals surface area contributed by atoms with E-state index in [0.717, 1.165) is 19.4 Å². The van der Waals surface area contributed by atoms with Crippen molar-refractivity contribution < 1.29 is 4.74 Å². The van der Waals surface area contributed by atoms with E-state index in [2.05, 4.69) is 36.6 Å². The molecule has 2 nitrogen and oxygen atoms in total. The molecule has 1 aromatic heterocycles. The lowest BCUT2D eigenvalue weighted by atomic mass is 9.97. The van der Waals surface area contributed by atoms with Gasteiger partial charge in [-0.3, -0.25) is 0 Å². The summed E-state index contributed by atoms with van der Waals surface area (Å²) in [5.74, 6) is 0.523. The quantitative estimate of drug-likeness (QED) is 0.866. The minimum Gasteiger partial charge on any atom is -0.384 e. The first-order valence-corrected chi connectivity index (χ1v) is 7.28. The van der Waals surface area contributed by atoms with Crippen LogP contribution in [0.25, 0.3) is 10.1 Å². The van der Waals surface area contributed by atoms with E-state index in [9.17, 15) is 0 Å². The van der Waals surface area contributed by atoms with E-state index in [-0.39, 0.29) is 6.04 Å². The Balaban J connectivity index is 2.00. The Kier molecular flexibility index (Phi) is 4.75. The van der Waals surface area contributed by atoms with Gasteiger partial charge in [-0.15, -0.1) is 11.3 Å². The molecule has 2 atom stereocenters. The van der Waals surface area contributed by atoms with Gasteiger partial charge in [0.1, 0.15) is 0 Å². The SMILES string of the molecule is COCC(C)CC(N)Cc1csc2ccccc12. The van der Waals surface area contributed by atoms with E-state index < -0.39 is 0 Å². The highest BCUT2D eigenvalue weighted by molar-refractivity contribution is 7.17. The van der Waals surface area contributed by atoms with Crippen molar-refractivity contribution in [1.82, 2.24) is 0 Å². The van der Waals surface area contributed by atoms with Gasteiger partial charge in [0.15, 0.2) is 0 Å². The van der Waals surface area contributed by atoms with Gasteiger partial charge in [0.25, 0.3) is 0 Å². The van der Waals surface area contributed by atoms with Crippen molar-refractivity contribution in [2.75, 3.05) is 13.7 Å². The van der Waals surface area contributed by atoms with E-state index in [1.165, 1.54) is 15.6 Å². The van der Waals surface area contributed by atoms with Crippen LogP contribution in [-0.2, 0) is 11.2 Å².